The van der Waals surface area contributed by atoms with Gasteiger partial charge in [-0.3, -0.25) is 5.32 Å². The number of nitrogens with two attached hydrogens (primary N) is 1. The van der Waals surface area contributed by atoms with Crippen molar-refractivity contribution in [3.05, 3.63) is 70.9 Å². The number of halogens is 1. The minimum absolute atomic E-state index is 0.142. The molecule has 0 radical (unpaired) electrons. The molecule has 210 valence electrons. The largest absolute Gasteiger partial charge is 0.351 e. The minimum Gasteiger partial charge on any atom is -0.351 e. The molecule has 39 heavy (non-hydrogen) atoms. The number of nitrogens with one attached hydrogen (secondary N) is 3. The number of benzene rings is 2. The number of urea groups is 2. The number of nitrogens with zero attached hydrogens (tertiary/aromatic N) is 3. The summed E-state index contributed by atoms with van der Waals surface area (Å²) < 4.78 is 27.0. The number of aromatic nitrogens is 2. The molecule has 1 fully saturated rings. The number of primary amides is 1. The fourth-order valence-electron chi connectivity index (χ4n) is 3.75. The fourth-order valence-corrected chi connectivity index (χ4v) is 5.00. The molecule has 2 heterocycles. The lowest BCUT2D eigenvalue weighted by Crippen LogP contribution is -2.44. The molecule has 0 saturated carbocycles. The lowest BCUT2D eigenvalue weighted by molar-refractivity contribution is 0.253. The van der Waals surface area contributed by atoms with Gasteiger partial charge in [-0.2, -0.15) is 17.8 Å². The van der Waals surface area contributed by atoms with E-state index in [-0.39, 0.29) is 11.4 Å². The van der Waals surface area contributed by atoms with Crippen LogP contribution in [0, 0.1) is 6.92 Å². The van der Waals surface area contributed by atoms with Gasteiger partial charge >= 0.3 is 22.3 Å². The predicted molar refractivity (Wildman–Crippen MR) is 154 cm³/mol. The lowest BCUT2D eigenvalue weighted by atomic mass is 9.92. The fraction of sp³-hybridized carbons (Fsp3) is 0.346. The van der Waals surface area contributed by atoms with Crippen molar-refractivity contribution in [3.63, 3.8) is 0 Å². The van der Waals surface area contributed by atoms with Crippen LogP contribution < -0.4 is 21.1 Å². The number of carbonyl (C=O) groups is 2. The van der Waals surface area contributed by atoms with Crippen LogP contribution in [0.4, 0.5) is 21.1 Å². The zero-order valence-corrected chi connectivity index (χ0v) is 23.9. The number of aryl methyl sites for hydroxylation is 1. The van der Waals surface area contributed by atoms with Crippen LogP contribution in [-0.4, -0.2) is 47.7 Å². The van der Waals surface area contributed by atoms with E-state index in [9.17, 15) is 18.0 Å². The average molecular weight is 576 g/mol. The Morgan fingerprint density at radius 3 is 2.18 bits per heavy atom. The standard InChI is InChI=1S/C21H23ClN4O.C5H11N3O3S/c1-14-7-5-6-8-17(14)26-19(13-18(25-26)21(2,3)4)24-20(27)23-16-11-9-15(22)10-12-16;6-5(9)7-12(10,11)8-3-1-2-4-8/h5-13H,1-4H3,(H2,23,24,27);1-4H2,(H3,6,7,9). The second-order valence-electron chi connectivity index (χ2n) is 10.0. The summed E-state index contributed by atoms with van der Waals surface area (Å²) in [6, 6.07) is 15.4. The maximum atomic E-state index is 12.5. The molecule has 4 rings (SSSR count). The van der Waals surface area contributed by atoms with Gasteiger partial charge in [0.2, 0.25) is 0 Å². The molecule has 5 N–H and O–H groups in total. The normalized spacial score (nSPS) is 13.8. The number of carbonyl (C=O) groups excluding carboxylic acids is 2. The van der Waals surface area contributed by atoms with Crippen LogP contribution in [0.1, 0.15) is 44.9 Å². The Morgan fingerprint density at radius 1 is 1.00 bits per heavy atom. The van der Waals surface area contributed by atoms with E-state index in [1.807, 2.05) is 37.3 Å². The summed E-state index contributed by atoms with van der Waals surface area (Å²) in [5.41, 5.74) is 8.10. The lowest BCUT2D eigenvalue weighted by Gasteiger charge is -2.14. The summed E-state index contributed by atoms with van der Waals surface area (Å²) in [5.74, 6) is 0.612. The van der Waals surface area contributed by atoms with Gasteiger partial charge in [0.1, 0.15) is 5.82 Å². The van der Waals surface area contributed by atoms with Crippen molar-refractivity contribution in [1.82, 2.24) is 18.8 Å². The number of anilines is 2. The van der Waals surface area contributed by atoms with Crippen molar-refractivity contribution in [2.45, 2.75) is 46.0 Å². The van der Waals surface area contributed by atoms with Gasteiger partial charge in [0.25, 0.3) is 0 Å². The first-order valence-corrected chi connectivity index (χ1v) is 14.2. The highest BCUT2D eigenvalue weighted by molar-refractivity contribution is 7.87. The minimum atomic E-state index is -3.65. The smallest absolute Gasteiger partial charge is 0.326 e. The molecule has 3 aromatic rings. The van der Waals surface area contributed by atoms with Gasteiger partial charge in [-0.05, 0) is 55.7 Å². The number of hydrogen-bond donors (Lipinski definition) is 4. The van der Waals surface area contributed by atoms with Crippen LogP contribution in [-0.2, 0) is 15.6 Å². The third-order valence-electron chi connectivity index (χ3n) is 5.80. The first-order valence-electron chi connectivity index (χ1n) is 12.3. The zero-order valence-electron chi connectivity index (χ0n) is 22.4. The first-order chi connectivity index (χ1) is 18.3. The predicted octanol–water partition coefficient (Wildman–Crippen LogP) is 4.77. The third kappa shape index (κ3) is 8.44. The van der Waals surface area contributed by atoms with Crippen molar-refractivity contribution in [2.75, 3.05) is 23.7 Å². The van der Waals surface area contributed by atoms with Gasteiger partial charge < -0.3 is 11.1 Å². The summed E-state index contributed by atoms with van der Waals surface area (Å²) in [4.78, 5) is 22.8. The second kappa shape index (κ2) is 12.5. The Morgan fingerprint density at radius 2 is 1.62 bits per heavy atom. The molecule has 1 aliphatic rings. The summed E-state index contributed by atoms with van der Waals surface area (Å²) >= 11 is 5.89. The van der Waals surface area contributed by atoms with Crippen molar-refractivity contribution >= 4 is 45.4 Å². The van der Waals surface area contributed by atoms with E-state index < -0.39 is 16.2 Å². The van der Waals surface area contributed by atoms with E-state index in [4.69, 9.17) is 22.4 Å². The van der Waals surface area contributed by atoms with Crippen LogP contribution in [0.25, 0.3) is 5.69 Å². The maximum absolute atomic E-state index is 12.5. The van der Waals surface area contributed by atoms with E-state index in [2.05, 4.69) is 31.4 Å². The van der Waals surface area contributed by atoms with Crippen LogP contribution in [0.15, 0.2) is 54.6 Å². The molecule has 1 saturated heterocycles. The van der Waals surface area contributed by atoms with Gasteiger partial charge in [0, 0.05) is 35.3 Å². The highest BCUT2D eigenvalue weighted by Gasteiger charge is 2.26. The van der Waals surface area contributed by atoms with Crippen LogP contribution in [0.2, 0.25) is 5.02 Å². The first kappa shape index (κ1) is 29.9. The Balaban J connectivity index is 0.000000293. The van der Waals surface area contributed by atoms with Gasteiger partial charge in [-0.15, -0.1) is 0 Å². The molecular formula is C26H34ClN7O4S. The number of para-hydroxylation sites is 1. The van der Waals surface area contributed by atoms with E-state index in [1.165, 1.54) is 4.31 Å². The monoisotopic (exact) mass is 575 g/mol. The van der Waals surface area contributed by atoms with E-state index in [0.29, 0.717) is 29.6 Å². The van der Waals surface area contributed by atoms with Crippen LogP contribution in [0.3, 0.4) is 0 Å². The number of rotatable bonds is 5. The summed E-state index contributed by atoms with van der Waals surface area (Å²) in [6.45, 7) is 9.22. The van der Waals surface area contributed by atoms with E-state index >= 15 is 0 Å². The molecule has 0 aliphatic carbocycles. The van der Waals surface area contributed by atoms with Gasteiger partial charge in [0.15, 0.2) is 0 Å². The molecule has 2 aromatic carbocycles. The summed E-state index contributed by atoms with van der Waals surface area (Å²) in [5, 5.41) is 11.1. The van der Waals surface area contributed by atoms with Gasteiger partial charge in [0.05, 0.1) is 11.4 Å². The summed E-state index contributed by atoms with van der Waals surface area (Å²) in [6.07, 6.45) is 1.67. The molecule has 4 amide bonds. The second-order valence-corrected chi connectivity index (χ2v) is 12.1. The van der Waals surface area contributed by atoms with E-state index in [1.54, 1.807) is 33.7 Å². The molecule has 11 nitrogen and oxygen atoms in total. The quantitative estimate of drug-likeness (QED) is 0.345. The van der Waals surface area contributed by atoms with Crippen molar-refractivity contribution in [3.8, 4) is 5.69 Å². The summed E-state index contributed by atoms with van der Waals surface area (Å²) in [7, 11) is -3.65. The van der Waals surface area contributed by atoms with Gasteiger partial charge in [-0.1, -0.05) is 50.6 Å². The Bertz CT molecular complexity index is 1410. The number of amides is 4. The zero-order chi connectivity index (χ0) is 28.8. The van der Waals surface area contributed by atoms with Gasteiger partial charge in [-0.25, -0.2) is 19.0 Å². The van der Waals surface area contributed by atoms with Crippen molar-refractivity contribution < 1.29 is 18.0 Å². The average Bonchev–Trinajstić information content (AvgIpc) is 3.52. The Hall–Kier alpha value is -3.61. The highest BCUT2D eigenvalue weighted by Crippen LogP contribution is 2.27. The molecule has 0 bridgehead atoms. The molecule has 0 atom stereocenters. The highest BCUT2D eigenvalue weighted by atomic mass is 35.5. The third-order valence-corrected chi connectivity index (χ3v) is 7.56. The molecule has 1 aromatic heterocycles. The van der Waals surface area contributed by atoms with E-state index in [0.717, 1.165) is 29.8 Å². The molecule has 0 spiro atoms. The molecular weight excluding hydrogens is 542 g/mol. The van der Waals surface area contributed by atoms with Crippen molar-refractivity contribution in [2.24, 2.45) is 5.73 Å². The molecule has 13 heteroatoms. The van der Waals surface area contributed by atoms with Crippen LogP contribution in [0.5, 0.6) is 0 Å². The SMILES string of the molecule is Cc1ccccc1-n1nc(C(C)(C)C)cc1NC(=O)Nc1ccc(Cl)cc1.NC(=O)NS(=O)(=O)N1CCCC1. The Labute approximate surface area is 233 Å². The van der Waals surface area contributed by atoms with Crippen LogP contribution >= 0.6 is 11.6 Å². The molecule has 0 unspecified atom stereocenters. The topological polar surface area (TPSA) is 151 Å². The number of hydrogen-bond acceptors (Lipinski definition) is 5. The Kier molecular flexibility index (Phi) is 9.59. The maximum Gasteiger partial charge on any atom is 0.326 e. The molecule has 1 aliphatic heterocycles. The van der Waals surface area contributed by atoms with Crippen molar-refractivity contribution in [1.29, 1.82) is 0 Å².